The van der Waals surface area contributed by atoms with Crippen LogP contribution in [0.25, 0.3) is 0 Å². The van der Waals surface area contributed by atoms with E-state index in [1.165, 1.54) is 0 Å². The maximum Gasteiger partial charge on any atom is 0.255 e. The first-order chi connectivity index (χ1) is 9.53. The largest absolute Gasteiger partial charge is 0.390 e. The van der Waals surface area contributed by atoms with Gasteiger partial charge in [0.05, 0.1) is 23.3 Å². The average molecular weight is 273 g/mol. The number of carbonyl (C=O) groups is 1. The summed E-state index contributed by atoms with van der Waals surface area (Å²) in [6.07, 6.45) is 4.35. The highest BCUT2D eigenvalue weighted by atomic mass is 16.3. The van der Waals surface area contributed by atoms with E-state index in [0.717, 1.165) is 0 Å². The second-order valence-corrected chi connectivity index (χ2v) is 5.22. The molecule has 1 fully saturated rings. The monoisotopic (exact) mass is 273 g/mol. The molecule has 1 aliphatic rings. The van der Waals surface area contributed by atoms with Crippen LogP contribution in [-0.2, 0) is 0 Å². The molecule has 0 saturated carbocycles. The third-order valence-corrected chi connectivity index (χ3v) is 3.50. The molecule has 0 bridgehead atoms. The number of hydrogen-bond acceptors (Lipinski definition) is 4. The zero-order valence-electron chi connectivity index (χ0n) is 11.6. The van der Waals surface area contributed by atoms with Gasteiger partial charge in [-0.1, -0.05) is 11.8 Å². The van der Waals surface area contributed by atoms with Crippen LogP contribution in [0, 0.1) is 11.8 Å². The molecule has 1 aromatic heterocycles. The van der Waals surface area contributed by atoms with Crippen LogP contribution in [0.3, 0.4) is 0 Å². The Morgan fingerprint density at radius 2 is 2.25 bits per heavy atom. The molecule has 1 amide bonds. The van der Waals surface area contributed by atoms with E-state index >= 15 is 0 Å². The number of aromatic nitrogens is 1. The molecule has 5 nitrogen and oxygen atoms in total. The topological polar surface area (TPSA) is 79.5 Å². The summed E-state index contributed by atoms with van der Waals surface area (Å²) in [5.41, 5.74) is 5.83. The lowest BCUT2D eigenvalue weighted by atomic mass is 9.93. The maximum atomic E-state index is 12.5. The fourth-order valence-electron chi connectivity index (χ4n) is 2.19. The number of carbonyl (C=O) groups excluding carboxylic acids is 1. The van der Waals surface area contributed by atoms with Gasteiger partial charge in [0.15, 0.2) is 0 Å². The molecule has 3 N–H and O–H groups in total. The highest BCUT2D eigenvalue weighted by Crippen LogP contribution is 2.22. The standard InChI is InChI=1S/C15H19N3O2/c1-15(20)5-9-18(10-6-15)14(19)13-4-8-17-11-12(13)3-2-7-16/h4,8,11,20H,5-7,9-10,16H2,1H3. The fraction of sp³-hybridized carbons (Fsp3) is 0.467. The summed E-state index contributed by atoms with van der Waals surface area (Å²) >= 11 is 0. The van der Waals surface area contributed by atoms with Gasteiger partial charge >= 0.3 is 0 Å². The van der Waals surface area contributed by atoms with Crippen LogP contribution in [0.15, 0.2) is 18.5 Å². The lowest BCUT2D eigenvalue weighted by molar-refractivity contribution is -0.00203. The predicted molar refractivity (Wildman–Crippen MR) is 75.9 cm³/mol. The Kier molecular flexibility index (Phi) is 4.38. The molecular weight excluding hydrogens is 254 g/mol. The van der Waals surface area contributed by atoms with Crippen molar-refractivity contribution in [1.82, 2.24) is 9.88 Å². The van der Waals surface area contributed by atoms with Crippen LogP contribution in [0.2, 0.25) is 0 Å². The zero-order valence-corrected chi connectivity index (χ0v) is 11.6. The van der Waals surface area contributed by atoms with E-state index in [0.29, 0.717) is 37.1 Å². The third-order valence-electron chi connectivity index (χ3n) is 3.50. The van der Waals surface area contributed by atoms with Crippen LogP contribution in [0.1, 0.15) is 35.7 Å². The maximum absolute atomic E-state index is 12.5. The summed E-state index contributed by atoms with van der Waals surface area (Å²) in [6.45, 7) is 3.16. The molecule has 5 heteroatoms. The molecule has 2 rings (SSSR count). The van der Waals surface area contributed by atoms with Crippen LogP contribution >= 0.6 is 0 Å². The molecule has 0 radical (unpaired) electrons. The van der Waals surface area contributed by atoms with Crippen molar-refractivity contribution in [2.45, 2.75) is 25.4 Å². The summed E-state index contributed by atoms with van der Waals surface area (Å²) in [7, 11) is 0. The molecule has 20 heavy (non-hydrogen) atoms. The smallest absolute Gasteiger partial charge is 0.255 e. The number of nitrogens with two attached hydrogens (primary N) is 1. The van der Waals surface area contributed by atoms with Gasteiger partial charge in [0.25, 0.3) is 5.91 Å². The van der Waals surface area contributed by atoms with Crippen LogP contribution in [-0.4, -0.2) is 46.1 Å². The first-order valence-electron chi connectivity index (χ1n) is 6.68. The van der Waals surface area contributed by atoms with Crippen molar-refractivity contribution < 1.29 is 9.90 Å². The van der Waals surface area contributed by atoms with Crippen LogP contribution < -0.4 is 5.73 Å². The highest BCUT2D eigenvalue weighted by molar-refractivity contribution is 5.96. The Hall–Kier alpha value is -1.90. The van der Waals surface area contributed by atoms with E-state index in [-0.39, 0.29) is 12.5 Å². The number of rotatable bonds is 1. The molecule has 0 atom stereocenters. The third kappa shape index (κ3) is 3.35. The van der Waals surface area contributed by atoms with Crippen molar-refractivity contribution in [2.24, 2.45) is 5.73 Å². The number of aliphatic hydroxyl groups is 1. The van der Waals surface area contributed by atoms with Crippen molar-refractivity contribution in [1.29, 1.82) is 0 Å². The second kappa shape index (κ2) is 6.04. The van der Waals surface area contributed by atoms with Gasteiger partial charge in [0.2, 0.25) is 0 Å². The van der Waals surface area contributed by atoms with E-state index in [1.807, 2.05) is 0 Å². The van der Waals surface area contributed by atoms with Crippen molar-refractivity contribution in [3.63, 3.8) is 0 Å². The summed E-state index contributed by atoms with van der Waals surface area (Å²) in [4.78, 5) is 18.3. The van der Waals surface area contributed by atoms with Crippen molar-refractivity contribution in [3.8, 4) is 11.8 Å². The Labute approximate surface area is 118 Å². The Morgan fingerprint density at radius 1 is 1.55 bits per heavy atom. The Balaban J connectivity index is 2.18. The van der Waals surface area contributed by atoms with Crippen LogP contribution in [0.4, 0.5) is 0 Å². The van der Waals surface area contributed by atoms with E-state index < -0.39 is 5.60 Å². The quantitative estimate of drug-likeness (QED) is 0.725. The van der Waals surface area contributed by atoms with E-state index in [2.05, 4.69) is 16.8 Å². The molecule has 0 unspecified atom stereocenters. The van der Waals surface area contributed by atoms with Crippen molar-refractivity contribution >= 4 is 5.91 Å². The van der Waals surface area contributed by atoms with Crippen molar-refractivity contribution in [3.05, 3.63) is 29.6 Å². The Morgan fingerprint density at radius 3 is 2.90 bits per heavy atom. The van der Waals surface area contributed by atoms with Gasteiger partial charge in [0.1, 0.15) is 0 Å². The lowest BCUT2D eigenvalue weighted by Crippen LogP contribution is -2.45. The van der Waals surface area contributed by atoms with Crippen molar-refractivity contribution in [2.75, 3.05) is 19.6 Å². The average Bonchev–Trinajstić information content (AvgIpc) is 2.45. The number of nitrogens with zero attached hydrogens (tertiary/aromatic N) is 2. The number of amides is 1. The lowest BCUT2D eigenvalue weighted by Gasteiger charge is -2.35. The number of hydrogen-bond donors (Lipinski definition) is 2. The van der Waals surface area contributed by atoms with Gasteiger partial charge in [-0.05, 0) is 25.8 Å². The minimum Gasteiger partial charge on any atom is -0.390 e. The van der Waals surface area contributed by atoms with E-state index in [1.54, 1.807) is 30.3 Å². The molecule has 0 spiro atoms. The summed E-state index contributed by atoms with van der Waals surface area (Å²) in [6, 6.07) is 1.68. The first kappa shape index (κ1) is 14.5. The SMILES string of the molecule is CC1(O)CCN(C(=O)c2ccncc2C#CCN)CC1. The second-order valence-electron chi connectivity index (χ2n) is 5.22. The molecule has 106 valence electrons. The van der Waals surface area contributed by atoms with Gasteiger partial charge < -0.3 is 15.7 Å². The molecule has 0 aromatic carbocycles. The van der Waals surface area contributed by atoms with Gasteiger partial charge in [-0.15, -0.1) is 0 Å². The minimum atomic E-state index is -0.669. The van der Waals surface area contributed by atoms with Gasteiger partial charge in [-0.2, -0.15) is 0 Å². The Bertz CT molecular complexity index is 548. The number of likely N-dealkylation sites (tertiary alicyclic amines) is 1. The van der Waals surface area contributed by atoms with Gasteiger partial charge in [-0.25, -0.2) is 0 Å². The summed E-state index contributed by atoms with van der Waals surface area (Å²) in [5.74, 6) is 5.55. The number of pyridine rings is 1. The number of piperidine rings is 1. The minimum absolute atomic E-state index is 0.0655. The summed E-state index contributed by atoms with van der Waals surface area (Å²) < 4.78 is 0. The molecule has 1 saturated heterocycles. The molecular formula is C15H19N3O2. The van der Waals surface area contributed by atoms with Gasteiger partial charge in [0, 0.05) is 25.5 Å². The highest BCUT2D eigenvalue weighted by Gasteiger charge is 2.30. The molecule has 2 heterocycles. The van der Waals surface area contributed by atoms with E-state index in [4.69, 9.17) is 5.73 Å². The molecule has 1 aromatic rings. The van der Waals surface area contributed by atoms with Crippen LogP contribution in [0.5, 0.6) is 0 Å². The van der Waals surface area contributed by atoms with E-state index in [9.17, 15) is 9.90 Å². The first-order valence-corrected chi connectivity index (χ1v) is 6.68. The normalized spacial score (nSPS) is 17.2. The van der Waals surface area contributed by atoms with Gasteiger partial charge in [-0.3, -0.25) is 9.78 Å². The molecule has 0 aliphatic carbocycles. The summed E-state index contributed by atoms with van der Waals surface area (Å²) in [5, 5.41) is 9.93. The predicted octanol–water partition coefficient (Wildman–Crippen LogP) is 0.379. The fourth-order valence-corrected chi connectivity index (χ4v) is 2.19. The molecule has 1 aliphatic heterocycles. The zero-order chi connectivity index (χ0) is 14.6.